The van der Waals surface area contributed by atoms with E-state index in [9.17, 15) is 4.79 Å². The first-order chi connectivity index (χ1) is 8.79. The van der Waals surface area contributed by atoms with Crippen molar-refractivity contribution in [2.75, 3.05) is 6.54 Å². The molecule has 0 aliphatic heterocycles. The van der Waals surface area contributed by atoms with E-state index in [4.69, 9.17) is 5.73 Å². The molecule has 0 spiro atoms. The molecule has 0 unspecified atom stereocenters. The summed E-state index contributed by atoms with van der Waals surface area (Å²) in [6.07, 6.45) is 1.72. The van der Waals surface area contributed by atoms with Gasteiger partial charge in [0.05, 0.1) is 22.8 Å². The zero-order valence-electron chi connectivity index (χ0n) is 9.47. The van der Waals surface area contributed by atoms with Crippen LogP contribution in [0.15, 0.2) is 23.7 Å². The topological polar surface area (TPSA) is 68.0 Å². The Morgan fingerprint density at radius 2 is 2.39 bits per heavy atom. The van der Waals surface area contributed by atoms with E-state index < -0.39 is 0 Å². The Balaban J connectivity index is 1.94. The van der Waals surface area contributed by atoms with Crippen LogP contribution in [0.4, 0.5) is 0 Å². The molecule has 0 bridgehead atoms. The Kier molecular flexibility index (Phi) is 4.47. The third-order valence-electron chi connectivity index (χ3n) is 2.03. The Morgan fingerprint density at radius 1 is 1.50 bits per heavy atom. The summed E-state index contributed by atoms with van der Waals surface area (Å²) >= 11 is 2.88. The molecule has 0 aliphatic carbocycles. The molecule has 3 N–H and O–H groups in total. The largest absolute Gasteiger partial charge is 0.345 e. The van der Waals surface area contributed by atoms with Crippen molar-refractivity contribution in [3.63, 3.8) is 0 Å². The predicted octanol–water partition coefficient (Wildman–Crippen LogP) is 1.44. The van der Waals surface area contributed by atoms with Gasteiger partial charge in [0, 0.05) is 11.6 Å². The minimum Gasteiger partial charge on any atom is -0.345 e. The number of nitrogens with one attached hydrogen (secondary N) is 1. The summed E-state index contributed by atoms with van der Waals surface area (Å²) in [5.41, 5.74) is 5.29. The second-order valence-electron chi connectivity index (χ2n) is 3.28. The quantitative estimate of drug-likeness (QED) is 0.834. The van der Waals surface area contributed by atoms with E-state index in [1.807, 2.05) is 11.4 Å². The number of amides is 1. The Bertz CT molecular complexity index is 578. The molecule has 0 saturated carbocycles. The number of hydrogen-bond donors (Lipinski definition) is 2. The van der Waals surface area contributed by atoms with Crippen molar-refractivity contribution < 1.29 is 4.79 Å². The first kappa shape index (κ1) is 12.8. The molecule has 2 rings (SSSR count). The summed E-state index contributed by atoms with van der Waals surface area (Å²) in [7, 11) is 0. The maximum Gasteiger partial charge on any atom is 0.261 e. The smallest absolute Gasteiger partial charge is 0.261 e. The summed E-state index contributed by atoms with van der Waals surface area (Å²) in [6.45, 7) is 0.779. The van der Waals surface area contributed by atoms with Crippen LogP contribution in [0.2, 0.25) is 0 Å². The van der Waals surface area contributed by atoms with Gasteiger partial charge in [0.2, 0.25) is 0 Å². The van der Waals surface area contributed by atoms with Crippen LogP contribution in [-0.4, -0.2) is 17.4 Å². The van der Waals surface area contributed by atoms with Crippen LogP contribution in [0, 0.1) is 11.8 Å². The van der Waals surface area contributed by atoms with Gasteiger partial charge in [-0.05, 0) is 12.1 Å². The number of nitrogens with two attached hydrogens (primary N) is 1. The molecule has 2 aromatic heterocycles. The maximum absolute atomic E-state index is 11.8. The molecule has 2 aromatic rings. The molecule has 2 heterocycles. The van der Waals surface area contributed by atoms with Crippen molar-refractivity contribution in [2.24, 2.45) is 5.73 Å². The minimum absolute atomic E-state index is 0.101. The molecule has 0 aromatic carbocycles. The monoisotopic (exact) mass is 277 g/mol. The van der Waals surface area contributed by atoms with Crippen molar-refractivity contribution in [1.29, 1.82) is 0 Å². The number of thiophene rings is 1. The lowest BCUT2D eigenvalue weighted by atomic mass is 10.4. The van der Waals surface area contributed by atoms with E-state index in [1.165, 1.54) is 22.7 Å². The van der Waals surface area contributed by atoms with E-state index in [-0.39, 0.29) is 5.91 Å². The average Bonchev–Trinajstić information content (AvgIpc) is 3.04. The lowest BCUT2D eigenvalue weighted by Gasteiger charge is -1.99. The maximum atomic E-state index is 11.8. The Hall–Kier alpha value is -1.68. The van der Waals surface area contributed by atoms with Gasteiger partial charge in [-0.2, -0.15) is 0 Å². The summed E-state index contributed by atoms with van der Waals surface area (Å²) in [6, 6.07) is 3.59. The molecule has 0 aliphatic rings. The highest BCUT2D eigenvalue weighted by molar-refractivity contribution is 7.14. The van der Waals surface area contributed by atoms with Crippen molar-refractivity contribution >= 4 is 28.6 Å². The van der Waals surface area contributed by atoms with Crippen LogP contribution in [0.3, 0.4) is 0 Å². The van der Waals surface area contributed by atoms with Crippen LogP contribution in [-0.2, 0) is 6.54 Å². The van der Waals surface area contributed by atoms with Gasteiger partial charge in [-0.15, -0.1) is 22.7 Å². The normalized spacial score (nSPS) is 9.61. The van der Waals surface area contributed by atoms with Gasteiger partial charge in [0.25, 0.3) is 5.91 Å². The second kappa shape index (κ2) is 6.31. The highest BCUT2D eigenvalue weighted by Gasteiger charge is 2.08. The van der Waals surface area contributed by atoms with E-state index in [0.29, 0.717) is 18.0 Å². The molecular weight excluding hydrogens is 266 g/mol. The van der Waals surface area contributed by atoms with Crippen LogP contribution in [0.1, 0.15) is 19.6 Å². The molecule has 6 heteroatoms. The van der Waals surface area contributed by atoms with Crippen LogP contribution < -0.4 is 11.1 Å². The van der Waals surface area contributed by atoms with E-state index in [2.05, 4.69) is 22.1 Å². The predicted molar refractivity (Wildman–Crippen MR) is 73.5 cm³/mol. The number of hydrogen-bond acceptors (Lipinski definition) is 5. The van der Waals surface area contributed by atoms with Crippen molar-refractivity contribution in [3.8, 4) is 11.8 Å². The standard InChI is InChI=1S/C12H11N3OS2/c13-5-1-2-9-3-4-10(18-9)12(16)15-8-11-14-6-7-17-11/h3-4,6-7H,5,8,13H2,(H,15,16). The molecule has 18 heavy (non-hydrogen) atoms. The highest BCUT2D eigenvalue weighted by Crippen LogP contribution is 2.15. The third-order valence-corrected chi connectivity index (χ3v) is 3.81. The van der Waals surface area contributed by atoms with Crippen LogP contribution >= 0.6 is 22.7 Å². The third kappa shape index (κ3) is 3.40. The number of thiazole rings is 1. The molecular formula is C12H11N3OS2. The molecule has 92 valence electrons. The van der Waals surface area contributed by atoms with Gasteiger partial charge >= 0.3 is 0 Å². The molecule has 0 fully saturated rings. The fraction of sp³-hybridized carbons (Fsp3) is 0.167. The van der Waals surface area contributed by atoms with E-state index in [1.54, 1.807) is 12.3 Å². The summed E-state index contributed by atoms with van der Waals surface area (Å²) in [4.78, 5) is 17.4. The molecule has 0 saturated heterocycles. The SMILES string of the molecule is NCC#Cc1ccc(C(=O)NCc2nccs2)s1. The lowest BCUT2D eigenvalue weighted by Crippen LogP contribution is -2.21. The molecule has 4 nitrogen and oxygen atoms in total. The first-order valence-electron chi connectivity index (χ1n) is 5.25. The number of carbonyl (C=O) groups is 1. The van der Waals surface area contributed by atoms with Gasteiger partial charge < -0.3 is 11.1 Å². The zero-order valence-corrected chi connectivity index (χ0v) is 11.1. The number of nitrogens with zero attached hydrogens (tertiary/aromatic N) is 1. The first-order valence-corrected chi connectivity index (χ1v) is 6.94. The van der Waals surface area contributed by atoms with Gasteiger partial charge in [0.1, 0.15) is 5.01 Å². The number of carbonyl (C=O) groups excluding carboxylic acids is 1. The number of aromatic nitrogens is 1. The van der Waals surface area contributed by atoms with Crippen molar-refractivity contribution in [2.45, 2.75) is 6.54 Å². The van der Waals surface area contributed by atoms with E-state index >= 15 is 0 Å². The van der Waals surface area contributed by atoms with Crippen LogP contribution in [0.25, 0.3) is 0 Å². The Labute approximate surface area is 113 Å². The second-order valence-corrected chi connectivity index (χ2v) is 5.34. The molecule has 1 amide bonds. The van der Waals surface area contributed by atoms with E-state index in [0.717, 1.165) is 9.88 Å². The fourth-order valence-corrected chi connectivity index (χ4v) is 2.60. The van der Waals surface area contributed by atoms with Crippen molar-refractivity contribution in [3.05, 3.63) is 38.5 Å². The van der Waals surface area contributed by atoms with Gasteiger partial charge in [0.15, 0.2) is 0 Å². The van der Waals surface area contributed by atoms with Gasteiger partial charge in [-0.25, -0.2) is 4.98 Å². The van der Waals surface area contributed by atoms with Crippen molar-refractivity contribution in [1.82, 2.24) is 10.3 Å². The highest BCUT2D eigenvalue weighted by atomic mass is 32.1. The van der Waals surface area contributed by atoms with Gasteiger partial charge in [-0.3, -0.25) is 4.79 Å². The Morgan fingerprint density at radius 3 is 3.11 bits per heavy atom. The van der Waals surface area contributed by atoms with Crippen LogP contribution in [0.5, 0.6) is 0 Å². The van der Waals surface area contributed by atoms with Gasteiger partial charge in [-0.1, -0.05) is 11.8 Å². The minimum atomic E-state index is -0.101. The summed E-state index contributed by atoms with van der Waals surface area (Å²) < 4.78 is 0. The zero-order chi connectivity index (χ0) is 12.8. The summed E-state index contributed by atoms with van der Waals surface area (Å²) in [5, 5.41) is 5.59. The molecule has 0 atom stereocenters. The summed E-state index contributed by atoms with van der Waals surface area (Å²) in [5.74, 6) is 5.56. The number of rotatable bonds is 3. The lowest BCUT2D eigenvalue weighted by molar-refractivity contribution is 0.0955. The molecule has 0 radical (unpaired) electrons. The fourth-order valence-electron chi connectivity index (χ4n) is 1.25. The average molecular weight is 277 g/mol.